The molecule has 0 aliphatic rings. The van der Waals surface area contributed by atoms with Crippen LogP contribution in [0.3, 0.4) is 0 Å². The van der Waals surface area contributed by atoms with Crippen LogP contribution in [0, 0.1) is 55.5 Å². The van der Waals surface area contributed by atoms with E-state index in [4.69, 9.17) is 9.97 Å². The topological polar surface area (TPSA) is 103 Å². The molecule has 4 radical (unpaired) electrons. The maximum Gasteiger partial charge on any atom is 0.0803 e. The molecule has 0 bridgehead atoms. The summed E-state index contributed by atoms with van der Waals surface area (Å²) in [7, 11) is -5.54. The fourth-order valence-corrected chi connectivity index (χ4v) is 21.4. The molecule has 0 fully saturated rings. The first-order valence-corrected chi connectivity index (χ1v) is 61.8. The van der Waals surface area contributed by atoms with E-state index in [-0.39, 0.29) is 85.8 Å². The molecule has 738 valence electrons. The van der Waals surface area contributed by atoms with Gasteiger partial charge in [-0.15, -0.1) is 275 Å². The second kappa shape index (κ2) is 57.3. The molecule has 20 aromatic rings. The van der Waals surface area contributed by atoms with Crippen molar-refractivity contribution < 1.29 is 80.4 Å². The summed E-state index contributed by atoms with van der Waals surface area (Å²) in [6, 6.07) is 161. The van der Waals surface area contributed by atoms with E-state index in [1.54, 1.807) is 24.8 Å². The second-order valence-electron chi connectivity index (χ2n) is 39.0. The Bertz CT molecular complexity index is 6650. The van der Waals surface area contributed by atoms with Crippen molar-refractivity contribution >= 4 is 53.0 Å². The molecular formula is C129H122Ir4N8Si4-8. The zero-order valence-electron chi connectivity index (χ0n) is 85.1. The molecule has 0 aliphatic carbocycles. The Labute approximate surface area is 920 Å². The van der Waals surface area contributed by atoms with Gasteiger partial charge in [0.05, 0.1) is 32.3 Å². The van der Waals surface area contributed by atoms with Crippen LogP contribution in [0.15, 0.2) is 450 Å². The molecule has 0 atom stereocenters. The molecule has 0 saturated carbocycles. The molecule has 0 amide bonds. The predicted molar refractivity (Wildman–Crippen MR) is 605 cm³/mol. The Morgan fingerprint density at radius 2 is 0.510 bits per heavy atom. The van der Waals surface area contributed by atoms with Crippen molar-refractivity contribution in [1.82, 2.24) is 39.9 Å². The number of nitrogens with zero attached hydrogens (tertiary/aromatic N) is 8. The van der Waals surface area contributed by atoms with Crippen LogP contribution < -0.4 is 20.7 Å². The summed E-state index contributed by atoms with van der Waals surface area (Å²) in [5.41, 5.74) is 28.6. The zero-order chi connectivity index (χ0) is 99.5. The van der Waals surface area contributed by atoms with Gasteiger partial charge in [-0.05, 0) is 125 Å². The molecule has 8 heterocycles. The molecule has 20 rings (SSSR count). The molecule has 0 unspecified atom stereocenters. The standard InChI is InChI=1S/C30H32NSi.C26H24NSi.C15H18NSi.C14H16NSi.4C11H8N.4Ir/c1-30(2,3)27-20-28(31-21-29(27)32(4,5)6)26-18-24(22-13-9-7-10-14-22)17-25(19-26)23-15-11-8-12-16-23;1-28(2,3)26-19-27-25(18-24(26)21-13-8-5-9-14-21)23-16-10-15-22(17-23)20-11-6-4-7-12-20;1-12-10-14(13-8-6-5-7-9-13)16-11-15(12)17(2,3)4;1-16(2,3)13-9-10-14(15-11-13)12-7-5-4-6-8-12;4*1-2-6-10(7-3-1)11-8-4-5-9-12-11;;;;/h7-18,20-21H,1-6H3;4-15,17-19H,1-3H3;5-8,10-11H,1-4H3;4-7,9-11H,1-3H3;4*1-6,8-9H;;;;/q8*-1;;;;. The Hall–Kier alpha value is -12.7. The summed E-state index contributed by atoms with van der Waals surface area (Å²) in [5.74, 6) is 0. The smallest absolute Gasteiger partial charge is 0.0803 e. The van der Waals surface area contributed by atoms with Gasteiger partial charge in [-0.3, -0.25) is 4.98 Å². The third kappa shape index (κ3) is 35.6. The van der Waals surface area contributed by atoms with Crippen LogP contribution in [-0.2, 0) is 85.8 Å². The van der Waals surface area contributed by atoms with Crippen molar-refractivity contribution in [2.45, 2.75) is 112 Å². The average Bonchev–Trinajstić information content (AvgIpc) is 0.775. The fourth-order valence-electron chi connectivity index (χ4n) is 15.5. The number of benzene rings is 12. The predicted octanol–water partition coefficient (Wildman–Crippen LogP) is 30.8. The van der Waals surface area contributed by atoms with Gasteiger partial charge in [0.2, 0.25) is 0 Å². The Morgan fingerprint density at radius 3 is 0.848 bits per heavy atom. The molecule has 8 aromatic heterocycles. The van der Waals surface area contributed by atoms with Gasteiger partial charge in [-0.25, -0.2) is 0 Å². The van der Waals surface area contributed by atoms with Gasteiger partial charge < -0.3 is 34.9 Å². The van der Waals surface area contributed by atoms with E-state index in [1.165, 1.54) is 70.8 Å². The van der Waals surface area contributed by atoms with E-state index in [1.807, 2.05) is 231 Å². The van der Waals surface area contributed by atoms with Gasteiger partial charge >= 0.3 is 0 Å². The maximum absolute atomic E-state index is 4.96. The number of rotatable bonds is 16. The van der Waals surface area contributed by atoms with E-state index in [9.17, 15) is 0 Å². The first kappa shape index (κ1) is 116. The van der Waals surface area contributed by atoms with Crippen molar-refractivity contribution in [3.63, 3.8) is 0 Å². The summed E-state index contributed by atoms with van der Waals surface area (Å²) in [6.45, 7) is 37.4. The Kier molecular flexibility index (Phi) is 45.8. The number of hydrogen-bond donors (Lipinski definition) is 0. The number of aromatic nitrogens is 8. The van der Waals surface area contributed by atoms with E-state index >= 15 is 0 Å². The Balaban J connectivity index is 0.000000189. The normalized spacial score (nSPS) is 10.7. The minimum absolute atomic E-state index is 0. The van der Waals surface area contributed by atoms with Crippen LogP contribution in [0.1, 0.15) is 31.9 Å². The average molecular weight is 2670 g/mol. The van der Waals surface area contributed by atoms with Crippen molar-refractivity contribution in [3.8, 4) is 135 Å². The van der Waals surface area contributed by atoms with E-state index in [0.29, 0.717) is 0 Å². The fraction of sp³-hybridized carbons (Fsp3) is 0.132. The third-order valence-electron chi connectivity index (χ3n) is 23.0. The molecule has 12 aromatic carbocycles. The molecule has 145 heavy (non-hydrogen) atoms. The van der Waals surface area contributed by atoms with Crippen molar-refractivity contribution in [1.29, 1.82) is 0 Å². The van der Waals surface area contributed by atoms with Gasteiger partial charge in [-0.2, -0.15) is 0 Å². The van der Waals surface area contributed by atoms with Crippen molar-refractivity contribution in [2.75, 3.05) is 0 Å². The van der Waals surface area contributed by atoms with Crippen molar-refractivity contribution in [2.24, 2.45) is 0 Å². The van der Waals surface area contributed by atoms with Gasteiger partial charge in [0.15, 0.2) is 0 Å². The van der Waals surface area contributed by atoms with E-state index in [2.05, 4.69) is 379 Å². The Morgan fingerprint density at radius 1 is 0.207 bits per heavy atom. The quantitative estimate of drug-likeness (QED) is 0.0696. The van der Waals surface area contributed by atoms with Crippen LogP contribution in [0.4, 0.5) is 0 Å². The van der Waals surface area contributed by atoms with Crippen LogP contribution in [0.2, 0.25) is 78.6 Å². The van der Waals surface area contributed by atoms with Crippen LogP contribution in [-0.4, -0.2) is 72.2 Å². The second-order valence-corrected chi connectivity index (χ2v) is 59.2. The number of pyridine rings is 8. The molecule has 0 aliphatic heterocycles. The maximum atomic E-state index is 4.96. The van der Waals surface area contributed by atoms with Crippen LogP contribution in [0.25, 0.3) is 135 Å². The minimum atomic E-state index is -1.52. The van der Waals surface area contributed by atoms with Gasteiger partial charge in [0.25, 0.3) is 0 Å². The number of hydrogen-bond acceptors (Lipinski definition) is 8. The molecule has 0 N–H and O–H groups in total. The first-order chi connectivity index (χ1) is 68.1. The SMILES string of the molecule is CC(C)(C)c1cc(-c2[c-]c(-c3ccccc3)cc(-c3ccccc3)c2)ncc1[Si](C)(C)C.C[Si](C)(C)c1ccc(-c2[c-]cccc2)nc1.C[Si](C)(C)c1cnc(-c2[c-]ccc(-c3ccccc3)c2)cc1-c1ccccc1.Cc1cc(-c2[c-]cccc2)ncc1[Si](C)(C)C.[Ir].[Ir].[Ir].[Ir].[c-]1ccccc1-c1ccccn1.[c-]1ccccc1-c1ccccn1.[c-]1ccccc1-c1ccccn1.[c-]1ccccc1-c1ccccn1. The van der Waals surface area contributed by atoms with Crippen LogP contribution in [0.5, 0.6) is 0 Å². The zero-order valence-corrected chi connectivity index (χ0v) is 98.7. The van der Waals surface area contributed by atoms with Gasteiger partial charge in [0.1, 0.15) is 0 Å². The third-order valence-corrected chi connectivity index (χ3v) is 31.2. The molecule has 0 spiro atoms. The summed E-state index contributed by atoms with van der Waals surface area (Å²) < 4.78 is 0. The number of aryl methyl sites for hydroxylation is 1. The first-order valence-electron chi connectivity index (χ1n) is 47.8. The summed E-state index contributed by atoms with van der Waals surface area (Å²) in [6.07, 6.45) is 15.4. The van der Waals surface area contributed by atoms with Gasteiger partial charge in [-0.1, -0.05) is 322 Å². The minimum Gasteiger partial charge on any atom is -0.305 e. The molecular weight excluding hydrogens is 2540 g/mol. The van der Waals surface area contributed by atoms with Crippen molar-refractivity contribution in [3.05, 3.63) is 510 Å². The monoisotopic (exact) mass is 2670 g/mol. The molecule has 8 nitrogen and oxygen atoms in total. The summed E-state index contributed by atoms with van der Waals surface area (Å²) in [5, 5.41) is 5.67. The van der Waals surface area contributed by atoms with Gasteiger partial charge in [0, 0.05) is 136 Å². The summed E-state index contributed by atoms with van der Waals surface area (Å²) in [4.78, 5) is 35.8. The van der Waals surface area contributed by atoms with E-state index in [0.717, 1.165) is 95.6 Å². The largest absolute Gasteiger partial charge is 0.305 e. The molecule has 0 saturated heterocycles. The van der Waals surface area contributed by atoms with E-state index < -0.39 is 32.3 Å². The van der Waals surface area contributed by atoms with Crippen LogP contribution >= 0.6 is 0 Å². The molecule has 16 heteroatoms. The summed E-state index contributed by atoms with van der Waals surface area (Å²) >= 11 is 0.